The van der Waals surface area contributed by atoms with E-state index in [1.807, 2.05) is 48.5 Å². The molecule has 0 saturated heterocycles. The minimum atomic E-state index is -0.293. The van der Waals surface area contributed by atoms with Gasteiger partial charge in [-0.05, 0) is 47.5 Å². The number of hydrogen-bond donors (Lipinski definition) is 1. The van der Waals surface area contributed by atoms with Crippen molar-refractivity contribution in [3.8, 4) is 5.75 Å². The van der Waals surface area contributed by atoms with Crippen molar-refractivity contribution in [1.82, 2.24) is 10.4 Å². The number of pyridine rings is 1. The summed E-state index contributed by atoms with van der Waals surface area (Å²) >= 11 is 5.87. The van der Waals surface area contributed by atoms with Gasteiger partial charge in [0.25, 0.3) is 5.91 Å². The van der Waals surface area contributed by atoms with Crippen molar-refractivity contribution in [2.75, 3.05) is 0 Å². The number of halogens is 1. The zero-order valence-electron chi connectivity index (χ0n) is 13.8. The highest BCUT2D eigenvalue weighted by Crippen LogP contribution is 2.15. The number of hydrazone groups is 1. The fraction of sp³-hybridized carbons (Fsp3) is 0.0500. The van der Waals surface area contributed by atoms with Gasteiger partial charge in [-0.25, -0.2) is 5.43 Å². The summed E-state index contributed by atoms with van der Waals surface area (Å²) in [5, 5.41) is 4.67. The number of nitrogens with zero attached hydrogens (tertiary/aromatic N) is 2. The van der Waals surface area contributed by atoms with E-state index in [4.69, 9.17) is 16.3 Å². The molecule has 0 aliphatic rings. The molecule has 0 radical (unpaired) electrons. The zero-order chi connectivity index (χ0) is 18.2. The van der Waals surface area contributed by atoms with Gasteiger partial charge in [0.2, 0.25) is 0 Å². The van der Waals surface area contributed by atoms with Gasteiger partial charge in [0, 0.05) is 23.0 Å². The molecule has 130 valence electrons. The van der Waals surface area contributed by atoms with E-state index in [9.17, 15) is 4.79 Å². The Balaban J connectivity index is 1.56. The van der Waals surface area contributed by atoms with Crippen LogP contribution < -0.4 is 10.2 Å². The monoisotopic (exact) mass is 365 g/mol. The molecule has 0 fully saturated rings. The van der Waals surface area contributed by atoms with E-state index in [1.54, 1.807) is 30.7 Å². The van der Waals surface area contributed by atoms with Crippen LogP contribution in [0.25, 0.3) is 0 Å². The molecule has 0 bridgehead atoms. The van der Waals surface area contributed by atoms with Crippen LogP contribution in [0.1, 0.15) is 21.5 Å². The lowest BCUT2D eigenvalue weighted by molar-refractivity contribution is 0.0955. The Bertz CT molecular complexity index is 896. The Labute approximate surface area is 156 Å². The maximum Gasteiger partial charge on any atom is 0.271 e. The summed E-state index contributed by atoms with van der Waals surface area (Å²) in [5.41, 5.74) is 4.82. The third kappa shape index (κ3) is 5.16. The van der Waals surface area contributed by atoms with Crippen molar-refractivity contribution in [2.45, 2.75) is 6.61 Å². The van der Waals surface area contributed by atoms with Gasteiger partial charge in [-0.3, -0.25) is 9.78 Å². The van der Waals surface area contributed by atoms with Gasteiger partial charge in [-0.1, -0.05) is 35.9 Å². The molecule has 1 N–H and O–H groups in total. The molecule has 3 aromatic rings. The standard InChI is InChI=1S/C20H16ClN3O2/c21-18-6-4-15(5-7-18)14-26-19-3-1-2-16(12-19)13-23-24-20(25)17-8-10-22-11-9-17/h1-13H,14H2,(H,24,25)/b23-13+. The van der Waals surface area contributed by atoms with Gasteiger partial charge >= 0.3 is 0 Å². The Kier molecular flexibility index (Phi) is 5.96. The molecule has 0 spiro atoms. The molecule has 1 amide bonds. The summed E-state index contributed by atoms with van der Waals surface area (Å²) in [5.74, 6) is 0.420. The SMILES string of the molecule is O=C(N/N=C/c1cccc(OCc2ccc(Cl)cc2)c1)c1ccncc1. The Hall–Kier alpha value is -3.18. The van der Waals surface area contributed by atoms with E-state index < -0.39 is 0 Å². The van der Waals surface area contributed by atoms with Crippen LogP contribution in [0.3, 0.4) is 0 Å². The number of nitrogens with one attached hydrogen (secondary N) is 1. The summed E-state index contributed by atoms with van der Waals surface area (Å²) in [6, 6.07) is 18.2. The molecule has 26 heavy (non-hydrogen) atoms. The van der Waals surface area contributed by atoms with Crippen LogP contribution in [0.2, 0.25) is 5.02 Å². The van der Waals surface area contributed by atoms with Gasteiger partial charge in [0.1, 0.15) is 12.4 Å². The first-order chi connectivity index (χ1) is 12.7. The molecule has 0 unspecified atom stereocenters. The van der Waals surface area contributed by atoms with Gasteiger partial charge in [-0.2, -0.15) is 5.10 Å². The molecule has 2 aromatic carbocycles. The number of amides is 1. The van der Waals surface area contributed by atoms with E-state index in [-0.39, 0.29) is 5.91 Å². The van der Waals surface area contributed by atoms with Crippen molar-refractivity contribution in [3.05, 3.63) is 94.8 Å². The van der Waals surface area contributed by atoms with Gasteiger partial charge < -0.3 is 4.74 Å². The van der Waals surface area contributed by atoms with E-state index in [0.29, 0.717) is 22.9 Å². The average molecular weight is 366 g/mol. The quantitative estimate of drug-likeness (QED) is 0.529. The number of ether oxygens (including phenoxy) is 1. The topological polar surface area (TPSA) is 63.6 Å². The fourth-order valence-corrected chi connectivity index (χ4v) is 2.29. The minimum absolute atomic E-state index is 0.293. The Morgan fingerprint density at radius 3 is 2.65 bits per heavy atom. The lowest BCUT2D eigenvalue weighted by Crippen LogP contribution is -2.17. The van der Waals surface area contributed by atoms with Gasteiger partial charge in [-0.15, -0.1) is 0 Å². The van der Waals surface area contributed by atoms with Crippen LogP contribution in [0.4, 0.5) is 0 Å². The summed E-state index contributed by atoms with van der Waals surface area (Å²) in [4.78, 5) is 15.8. The Morgan fingerprint density at radius 2 is 1.88 bits per heavy atom. The first kappa shape index (κ1) is 17.6. The van der Waals surface area contributed by atoms with Crippen LogP contribution in [0, 0.1) is 0 Å². The minimum Gasteiger partial charge on any atom is -0.489 e. The molecule has 5 nitrogen and oxygen atoms in total. The molecule has 0 atom stereocenters. The molecular formula is C20H16ClN3O2. The fourth-order valence-electron chi connectivity index (χ4n) is 2.17. The van der Waals surface area contributed by atoms with Crippen molar-refractivity contribution in [1.29, 1.82) is 0 Å². The lowest BCUT2D eigenvalue weighted by Gasteiger charge is -2.07. The van der Waals surface area contributed by atoms with Crippen molar-refractivity contribution in [3.63, 3.8) is 0 Å². The number of rotatable bonds is 6. The smallest absolute Gasteiger partial charge is 0.271 e. The normalized spacial score (nSPS) is 10.7. The molecule has 0 saturated carbocycles. The number of carbonyl (C=O) groups excluding carboxylic acids is 1. The van der Waals surface area contributed by atoms with E-state index in [0.717, 1.165) is 11.1 Å². The third-order valence-corrected chi connectivity index (χ3v) is 3.75. The molecule has 1 heterocycles. The third-order valence-electron chi connectivity index (χ3n) is 3.50. The first-order valence-corrected chi connectivity index (χ1v) is 8.29. The maximum absolute atomic E-state index is 11.9. The number of carbonyl (C=O) groups is 1. The summed E-state index contributed by atoms with van der Waals surface area (Å²) in [7, 11) is 0. The second-order valence-electron chi connectivity index (χ2n) is 5.42. The predicted molar refractivity (Wildman–Crippen MR) is 102 cm³/mol. The second kappa shape index (κ2) is 8.78. The largest absolute Gasteiger partial charge is 0.489 e. The highest BCUT2D eigenvalue weighted by Gasteiger charge is 2.02. The molecule has 3 rings (SSSR count). The highest BCUT2D eigenvalue weighted by atomic mass is 35.5. The molecular weight excluding hydrogens is 350 g/mol. The number of aromatic nitrogens is 1. The van der Waals surface area contributed by atoms with Crippen molar-refractivity contribution in [2.24, 2.45) is 5.10 Å². The predicted octanol–water partition coefficient (Wildman–Crippen LogP) is 4.08. The van der Waals surface area contributed by atoms with Crippen LogP contribution in [0.5, 0.6) is 5.75 Å². The zero-order valence-corrected chi connectivity index (χ0v) is 14.6. The first-order valence-electron chi connectivity index (χ1n) is 7.91. The van der Waals surface area contributed by atoms with Crippen LogP contribution in [-0.2, 0) is 6.61 Å². The second-order valence-corrected chi connectivity index (χ2v) is 5.86. The van der Waals surface area contributed by atoms with Crippen molar-refractivity contribution < 1.29 is 9.53 Å². The summed E-state index contributed by atoms with van der Waals surface area (Å²) in [6.07, 6.45) is 4.68. The number of hydrogen-bond acceptors (Lipinski definition) is 4. The molecule has 6 heteroatoms. The van der Waals surface area contributed by atoms with E-state index in [1.165, 1.54) is 0 Å². The lowest BCUT2D eigenvalue weighted by atomic mass is 10.2. The molecule has 1 aromatic heterocycles. The molecule has 0 aliphatic heterocycles. The van der Waals surface area contributed by atoms with E-state index >= 15 is 0 Å². The molecule has 0 aliphatic carbocycles. The maximum atomic E-state index is 11.9. The average Bonchev–Trinajstić information content (AvgIpc) is 2.68. The van der Waals surface area contributed by atoms with E-state index in [2.05, 4.69) is 15.5 Å². The highest BCUT2D eigenvalue weighted by molar-refractivity contribution is 6.30. The number of benzene rings is 2. The van der Waals surface area contributed by atoms with Crippen molar-refractivity contribution >= 4 is 23.7 Å². The van der Waals surface area contributed by atoms with Gasteiger partial charge in [0.15, 0.2) is 0 Å². The summed E-state index contributed by atoms with van der Waals surface area (Å²) < 4.78 is 5.77. The summed E-state index contributed by atoms with van der Waals surface area (Å²) in [6.45, 7) is 0.441. The van der Waals surface area contributed by atoms with Crippen LogP contribution in [0.15, 0.2) is 78.2 Å². The van der Waals surface area contributed by atoms with Crippen LogP contribution in [-0.4, -0.2) is 17.1 Å². The van der Waals surface area contributed by atoms with Gasteiger partial charge in [0.05, 0.1) is 6.21 Å². The van der Waals surface area contributed by atoms with Crippen LogP contribution >= 0.6 is 11.6 Å². The Morgan fingerprint density at radius 1 is 1.12 bits per heavy atom.